The van der Waals surface area contributed by atoms with E-state index in [1.54, 1.807) is 6.07 Å². The van der Waals surface area contributed by atoms with E-state index < -0.39 is 21.8 Å². The van der Waals surface area contributed by atoms with E-state index in [0.29, 0.717) is 4.88 Å². The Balaban J connectivity index is 2.21. The van der Waals surface area contributed by atoms with Crippen LogP contribution in [0, 0.1) is 0 Å². The van der Waals surface area contributed by atoms with Crippen LogP contribution in [0.15, 0.2) is 40.6 Å². The van der Waals surface area contributed by atoms with Crippen LogP contribution in [0.4, 0.5) is 18.9 Å². The molecule has 1 heterocycles. The highest BCUT2D eigenvalue weighted by Gasteiger charge is 2.30. The molecule has 0 aliphatic heterocycles. The first kappa shape index (κ1) is 15.8. The maximum absolute atomic E-state index is 12.4. The van der Waals surface area contributed by atoms with E-state index in [1.165, 1.54) is 6.07 Å². The first-order valence-corrected chi connectivity index (χ1v) is 8.01. The number of halogens is 3. The maximum atomic E-state index is 12.4. The van der Waals surface area contributed by atoms with Gasteiger partial charge in [-0.1, -0.05) is 0 Å². The molecule has 9 heteroatoms. The molecule has 2 aromatic rings. The number of nitrogens with one attached hydrogen (secondary N) is 1. The molecule has 0 atom stereocenters. The average molecular weight is 336 g/mol. The lowest BCUT2D eigenvalue weighted by Crippen LogP contribution is -2.12. The summed E-state index contributed by atoms with van der Waals surface area (Å²) in [6.07, 6.45) is -4.46. The molecule has 0 spiro atoms. The van der Waals surface area contributed by atoms with E-state index >= 15 is 0 Å². The zero-order valence-electron chi connectivity index (χ0n) is 10.5. The van der Waals surface area contributed by atoms with Crippen molar-refractivity contribution < 1.29 is 21.6 Å². The Kier molecular flexibility index (Phi) is 4.26. The van der Waals surface area contributed by atoms with Crippen LogP contribution in [0.2, 0.25) is 0 Å². The van der Waals surface area contributed by atoms with Crippen LogP contribution in [0.3, 0.4) is 0 Å². The quantitative estimate of drug-likeness (QED) is 0.901. The maximum Gasteiger partial charge on any atom is 0.416 e. The second-order valence-corrected chi connectivity index (χ2v) is 7.18. The lowest BCUT2D eigenvalue weighted by molar-refractivity contribution is -0.137. The number of benzene rings is 1. The van der Waals surface area contributed by atoms with E-state index in [4.69, 9.17) is 5.73 Å². The molecule has 114 valence electrons. The van der Waals surface area contributed by atoms with Crippen LogP contribution in [0.1, 0.15) is 10.4 Å². The van der Waals surface area contributed by atoms with Gasteiger partial charge in [-0.3, -0.25) is 4.72 Å². The van der Waals surface area contributed by atoms with Crippen molar-refractivity contribution in [3.05, 3.63) is 46.8 Å². The number of thiophene rings is 1. The summed E-state index contributed by atoms with van der Waals surface area (Å²) in [4.78, 5) is 0.697. The summed E-state index contributed by atoms with van der Waals surface area (Å²) in [5, 5.41) is 0. The Hall–Kier alpha value is -1.58. The van der Waals surface area contributed by atoms with Gasteiger partial charge in [0.1, 0.15) is 4.21 Å². The van der Waals surface area contributed by atoms with Gasteiger partial charge in [-0.05, 0) is 36.4 Å². The van der Waals surface area contributed by atoms with Crippen LogP contribution in [-0.2, 0) is 22.7 Å². The highest BCUT2D eigenvalue weighted by atomic mass is 32.2. The van der Waals surface area contributed by atoms with E-state index in [-0.39, 0.29) is 16.4 Å². The van der Waals surface area contributed by atoms with Crippen LogP contribution in [-0.4, -0.2) is 8.42 Å². The fourth-order valence-electron chi connectivity index (χ4n) is 1.55. The molecule has 0 amide bonds. The molecule has 2 rings (SSSR count). The fourth-order valence-corrected chi connectivity index (χ4v) is 3.84. The van der Waals surface area contributed by atoms with Gasteiger partial charge in [0.25, 0.3) is 10.0 Å². The Labute approximate surface area is 123 Å². The normalized spacial score (nSPS) is 12.4. The second kappa shape index (κ2) is 5.66. The zero-order valence-corrected chi connectivity index (χ0v) is 12.1. The van der Waals surface area contributed by atoms with Crippen LogP contribution in [0.5, 0.6) is 0 Å². The molecule has 0 fully saturated rings. The van der Waals surface area contributed by atoms with Crippen molar-refractivity contribution in [1.29, 1.82) is 0 Å². The third kappa shape index (κ3) is 3.74. The van der Waals surface area contributed by atoms with Gasteiger partial charge >= 0.3 is 6.18 Å². The van der Waals surface area contributed by atoms with Crippen molar-refractivity contribution in [3.8, 4) is 0 Å². The molecule has 0 bridgehead atoms. The summed E-state index contributed by atoms with van der Waals surface area (Å²) in [6, 6.07) is 6.76. The molecule has 1 aromatic heterocycles. The van der Waals surface area contributed by atoms with Crippen LogP contribution in [0.25, 0.3) is 0 Å². The summed E-state index contributed by atoms with van der Waals surface area (Å²) in [5.41, 5.74) is 4.63. The largest absolute Gasteiger partial charge is 0.416 e. The van der Waals surface area contributed by atoms with Gasteiger partial charge in [-0.2, -0.15) is 13.2 Å². The smallest absolute Gasteiger partial charge is 0.326 e. The summed E-state index contributed by atoms with van der Waals surface area (Å²) in [7, 11) is -3.82. The minimum Gasteiger partial charge on any atom is -0.326 e. The summed E-state index contributed by atoms with van der Waals surface area (Å²) < 4.78 is 63.6. The number of alkyl halides is 3. The molecule has 3 N–H and O–H groups in total. The molecule has 0 aliphatic rings. The second-order valence-electron chi connectivity index (χ2n) is 4.11. The molecular formula is C12H11F3N2O2S2. The topological polar surface area (TPSA) is 72.2 Å². The molecule has 0 unspecified atom stereocenters. The number of rotatable bonds is 4. The Morgan fingerprint density at radius 2 is 1.71 bits per heavy atom. The van der Waals surface area contributed by atoms with Crippen LogP contribution < -0.4 is 10.5 Å². The van der Waals surface area contributed by atoms with E-state index in [2.05, 4.69) is 4.72 Å². The van der Waals surface area contributed by atoms with Crippen LogP contribution >= 0.6 is 11.3 Å². The number of hydrogen-bond donors (Lipinski definition) is 2. The van der Waals surface area contributed by atoms with Crippen molar-refractivity contribution in [3.63, 3.8) is 0 Å². The molecule has 0 radical (unpaired) electrons. The number of anilines is 1. The van der Waals surface area contributed by atoms with Gasteiger partial charge in [0.05, 0.1) is 5.56 Å². The zero-order chi connectivity index (χ0) is 15.7. The van der Waals surface area contributed by atoms with Gasteiger partial charge < -0.3 is 5.73 Å². The van der Waals surface area contributed by atoms with Gasteiger partial charge in [0.15, 0.2) is 0 Å². The Bertz CT molecular complexity index is 722. The van der Waals surface area contributed by atoms with Gasteiger partial charge in [0, 0.05) is 17.1 Å². The van der Waals surface area contributed by atoms with Crippen molar-refractivity contribution in [1.82, 2.24) is 0 Å². The van der Waals surface area contributed by atoms with Crippen molar-refractivity contribution in [2.75, 3.05) is 4.72 Å². The molecule has 0 saturated carbocycles. The van der Waals surface area contributed by atoms with Crippen molar-refractivity contribution in [2.45, 2.75) is 16.9 Å². The number of nitrogens with two attached hydrogens (primary N) is 1. The summed E-state index contributed by atoms with van der Waals surface area (Å²) in [5.74, 6) is 0. The fraction of sp³-hybridized carbons (Fsp3) is 0.167. The first-order chi connectivity index (χ1) is 9.72. The predicted octanol–water partition coefficient (Wildman–Crippen LogP) is 3.03. The van der Waals surface area contributed by atoms with E-state index in [0.717, 1.165) is 35.6 Å². The van der Waals surface area contributed by atoms with E-state index in [1.807, 2.05) is 0 Å². The summed E-state index contributed by atoms with van der Waals surface area (Å²) >= 11 is 1.01. The SMILES string of the molecule is NCc1ccc(S(=O)(=O)Nc2ccc(C(F)(F)F)cc2)s1. The van der Waals surface area contributed by atoms with E-state index in [9.17, 15) is 21.6 Å². The lowest BCUT2D eigenvalue weighted by atomic mass is 10.2. The highest BCUT2D eigenvalue weighted by molar-refractivity contribution is 7.94. The molecule has 4 nitrogen and oxygen atoms in total. The van der Waals surface area contributed by atoms with Crippen molar-refractivity contribution in [2.24, 2.45) is 5.73 Å². The van der Waals surface area contributed by atoms with Crippen molar-refractivity contribution >= 4 is 27.0 Å². The molecular weight excluding hydrogens is 325 g/mol. The number of hydrogen-bond acceptors (Lipinski definition) is 4. The first-order valence-electron chi connectivity index (χ1n) is 5.71. The molecule has 0 aliphatic carbocycles. The third-order valence-corrected chi connectivity index (χ3v) is 5.55. The summed E-state index contributed by atoms with van der Waals surface area (Å²) in [6.45, 7) is 0.223. The molecule has 21 heavy (non-hydrogen) atoms. The minimum atomic E-state index is -4.46. The predicted molar refractivity (Wildman–Crippen MR) is 74.5 cm³/mol. The minimum absolute atomic E-state index is 0.0582. The standard InChI is InChI=1S/C12H11F3N2O2S2/c13-12(14,15)8-1-3-9(4-2-8)17-21(18,19)11-6-5-10(7-16)20-11/h1-6,17H,7,16H2. The van der Waals surface area contributed by atoms with Gasteiger partial charge in [-0.25, -0.2) is 8.42 Å². The monoisotopic (exact) mass is 336 g/mol. The van der Waals surface area contributed by atoms with Gasteiger partial charge in [-0.15, -0.1) is 11.3 Å². The molecule has 1 aromatic carbocycles. The Morgan fingerprint density at radius 1 is 1.10 bits per heavy atom. The highest BCUT2D eigenvalue weighted by Crippen LogP contribution is 2.30. The van der Waals surface area contributed by atoms with Gasteiger partial charge in [0.2, 0.25) is 0 Å². The number of sulfonamides is 1. The Morgan fingerprint density at radius 3 is 2.19 bits per heavy atom. The third-order valence-electron chi connectivity index (χ3n) is 2.57. The molecule has 0 saturated heterocycles. The average Bonchev–Trinajstić information content (AvgIpc) is 2.87. The lowest BCUT2D eigenvalue weighted by Gasteiger charge is -2.09.